The first-order valence-corrected chi connectivity index (χ1v) is 8.61. The van der Waals surface area contributed by atoms with Gasteiger partial charge in [0.15, 0.2) is 0 Å². The first-order valence-electron chi connectivity index (χ1n) is 7.85. The lowest BCUT2D eigenvalue weighted by molar-refractivity contribution is 0.267. The fraction of sp³-hybridized carbons (Fsp3) is 0.647. The number of benzene rings is 1. The fourth-order valence-corrected chi connectivity index (χ4v) is 3.59. The van der Waals surface area contributed by atoms with E-state index in [0.717, 1.165) is 36.2 Å². The second kappa shape index (κ2) is 8.26. The molecule has 0 heterocycles. The lowest BCUT2D eigenvalue weighted by Crippen LogP contribution is -2.29. The van der Waals surface area contributed by atoms with Crippen molar-refractivity contribution in [1.29, 1.82) is 0 Å². The highest BCUT2D eigenvalue weighted by Crippen LogP contribution is 2.31. The third-order valence-corrected chi connectivity index (χ3v) is 4.79. The van der Waals surface area contributed by atoms with Crippen LogP contribution in [0.5, 0.6) is 5.75 Å². The zero-order valence-electron chi connectivity index (χ0n) is 12.9. The average Bonchev–Trinajstić information content (AvgIpc) is 2.43. The van der Waals surface area contributed by atoms with Crippen LogP contribution in [-0.4, -0.2) is 19.7 Å². The van der Waals surface area contributed by atoms with E-state index in [1.165, 1.54) is 25.7 Å². The van der Waals surface area contributed by atoms with Crippen molar-refractivity contribution in [3.8, 4) is 5.75 Å². The quantitative estimate of drug-likeness (QED) is 0.733. The van der Waals surface area contributed by atoms with Gasteiger partial charge in [0.1, 0.15) is 12.4 Å². The Labute approximate surface area is 138 Å². The minimum atomic E-state index is 0.585. The van der Waals surface area contributed by atoms with Crippen LogP contribution in [0.3, 0.4) is 0 Å². The Morgan fingerprint density at radius 3 is 2.57 bits per heavy atom. The summed E-state index contributed by atoms with van der Waals surface area (Å²) < 4.78 is 5.78. The van der Waals surface area contributed by atoms with Crippen LogP contribution < -0.4 is 10.1 Å². The van der Waals surface area contributed by atoms with E-state index in [0.29, 0.717) is 16.7 Å². The minimum Gasteiger partial charge on any atom is -0.490 e. The summed E-state index contributed by atoms with van der Waals surface area (Å²) in [5.41, 5.74) is 0.980. The van der Waals surface area contributed by atoms with Gasteiger partial charge in [-0.05, 0) is 55.8 Å². The first-order chi connectivity index (χ1) is 10.1. The highest BCUT2D eigenvalue weighted by Gasteiger charge is 2.17. The standard InChI is InChI=1S/C17H25Cl2NO/c1-12-3-5-14(6-4-12)11-20-7-8-21-17-13(2)9-15(18)10-16(17)19/h9-10,12,14,20H,3-8,11H2,1-2H3. The molecule has 1 fully saturated rings. The summed E-state index contributed by atoms with van der Waals surface area (Å²) in [6, 6.07) is 3.60. The number of aryl methyl sites for hydroxylation is 1. The van der Waals surface area contributed by atoms with E-state index in [2.05, 4.69) is 12.2 Å². The maximum Gasteiger partial charge on any atom is 0.140 e. The Hall–Kier alpha value is -0.440. The van der Waals surface area contributed by atoms with Crippen molar-refractivity contribution in [2.45, 2.75) is 39.5 Å². The molecular weight excluding hydrogens is 305 g/mol. The molecular formula is C17H25Cl2NO. The van der Waals surface area contributed by atoms with Gasteiger partial charge in [0, 0.05) is 11.6 Å². The summed E-state index contributed by atoms with van der Waals surface area (Å²) >= 11 is 12.1. The van der Waals surface area contributed by atoms with E-state index in [1.807, 2.05) is 13.0 Å². The minimum absolute atomic E-state index is 0.585. The molecule has 0 unspecified atom stereocenters. The normalized spacial score (nSPS) is 22.3. The maximum atomic E-state index is 6.15. The van der Waals surface area contributed by atoms with Crippen LogP contribution in [0.25, 0.3) is 0 Å². The molecule has 1 aliphatic rings. The molecule has 1 saturated carbocycles. The molecule has 0 bridgehead atoms. The van der Waals surface area contributed by atoms with Gasteiger partial charge in [-0.3, -0.25) is 0 Å². The number of ether oxygens (including phenoxy) is 1. The molecule has 1 aromatic rings. The Kier molecular flexibility index (Phi) is 6.66. The average molecular weight is 330 g/mol. The molecule has 0 aliphatic heterocycles. The Bertz CT molecular complexity index is 433. The van der Waals surface area contributed by atoms with Crippen LogP contribution in [0.4, 0.5) is 0 Å². The smallest absolute Gasteiger partial charge is 0.140 e. The van der Waals surface area contributed by atoms with Crippen LogP contribution in [-0.2, 0) is 0 Å². The van der Waals surface area contributed by atoms with Gasteiger partial charge in [-0.25, -0.2) is 0 Å². The largest absolute Gasteiger partial charge is 0.490 e. The Balaban J connectivity index is 1.66. The van der Waals surface area contributed by atoms with Gasteiger partial charge >= 0.3 is 0 Å². The predicted octanol–water partition coefficient (Wildman–Crippen LogP) is 5.10. The van der Waals surface area contributed by atoms with Crippen LogP contribution in [0.15, 0.2) is 12.1 Å². The van der Waals surface area contributed by atoms with Crippen molar-refractivity contribution in [3.63, 3.8) is 0 Å². The molecule has 2 rings (SSSR count). The van der Waals surface area contributed by atoms with Crippen LogP contribution in [0.2, 0.25) is 10.0 Å². The third-order valence-electron chi connectivity index (χ3n) is 4.29. The summed E-state index contributed by atoms with van der Waals surface area (Å²) in [6.45, 7) is 6.90. The monoisotopic (exact) mass is 329 g/mol. The van der Waals surface area contributed by atoms with Gasteiger partial charge < -0.3 is 10.1 Å². The van der Waals surface area contributed by atoms with Crippen molar-refractivity contribution in [2.24, 2.45) is 11.8 Å². The van der Waals surface area contributed by atoms with E-state index in [4.69, 9.17) is 27.9 Å². The SMILES string of the molecule is Cc1cc(Cl)cc(Cl)c1OCCNCC1CCC(C)CC1. The molecule has 0 aromatic heterocycles. The second-order valence-electron chi connectivity index (χ2n) is 6.21. The van der Waals surface area contributed by atoms with Crippen molar-refractivity contribution in [1.82, 2.24) is 5.32 Å². The molecule has 4 heteroatoms. The summed E-state index contributed by atoms with van der Waals surface area (Å²) in [5.74, 6) is 2.50. The molecule has 0 spiro atoms. The summed E-state index contributed by atoms with van der Waals surface area (Å²) in [5, 5.41) is 4.73. The van der Waals surface area contributed by atoms with Crippen molar-refractivity contribution in [3.05, 3.63) is 27.7 Å². The molecule has 1 aromatic carbocycles. The van der Waals surface area contributed by atoms with E-state index in [9.17, 15) is 0 Å². The highest BCUT2D eigenvalue weighted by atomic mass is 35.5. The second-order valence-corrected chi connectivity index (χ2v) is 7.06. The zero-order chi connectivity index (χ0) is 15.2. The highest BCUT2D eigenvalue weighted by molar-refractivity contribution is 6.35. The molecule has 2 nitrogen and oxygen atoms in total. The predicted molar refractivity (Wildman–Crippen MR) is 90.7 cm³/mol. The number of nitrogens with one attached hydrogen (secondary N) is 1. The summed E-state index contributed by atoms with van der Waals surface area (Å²) in [6.07, 6.45) is 5.47. The molecule has 0 saturated heterocycles. The van der Waals surface area contributed by atoms with Crippen molar-refractivity contribution < 1.29 is 4.74 Å². The molecule has 0 atom stereocenters. The van der Waals surface area contributed by atoms with E-state index in [1.54, 1.807) is 6.07 Å². The van der Waals surface area contributed by atoms with Crippen molar-refractivity contribution >= 4 is 23.2 Å². The van der Waals surface area contributed by atoms with Crippen LogP contribution in [0, 0.1) is 18.8 Å². The lowest BCUT2D eigenvalue weighted by Gasteiger charge is -2.26. The number of halogens is 2. The summed E-state index contributed by atoms with van der Waals surface area (Å²) in [4.78, 5) is 0. The third kappa shape index (κ3) is 5.36. The number of hydrogen-bond donors (Lipinski definition) is 1. The van der Waals surface area contributed by atoms with Gasteiger partial charge in [0.2, 0.25) is 0 Å². The Morgan fingerprint density at radius 2 is 1.90 bits per heavy atom. The van der Waals surface area contributed by atoms with Gasteiger partial charge in [-0.15, -0.1) is 0 Å². The van der Waals surface area contributed by atoms with Gasteiger partial charge in [-0.2, -0.15) is 0 Å². The summed E-state index contributed by atoms with van der Waals surface area (Å²) in [7, 11) is 0. The lowest BCUT2D eigenvalue weighted by atomic mass is 9.83. The van der Waals surface area contributed by atoms with E-state index in [-0.39, 0.29) is 0 Å². The van der Waals surface area contributed by atoms with E-state index >= 15 is 0 Å². The fourth-order valence-electron chi connectivity index (χ4n) is 2.94. The van der Waals surface area contributed by atoms with Crippen LogP contribution >= 0.6 is 23.2 Å². The van der Waals surface area contributed by atoms with E-state index < -0.39 is 0 Å². The molecule has 0 amide bonds. The first kappa shape index (κ1) is 16.9. The maximum absolute atomic E-state index is 6.15. The Morgan fingerprint density at radius 1 is 1.19 bits per heavy atom. The molecule has 21 heavy (non-hydrogen) atoms. The molecule has 1 N–H and O–H groups in total. The molecule has 0 radical (unpaired) electrons. The van der Waals surface area contributed by atoms with Crippen LogP contribution in [0.1, 0.15) is 38.2 Å². The van der Waals surface area contributed by atoms with Gasteiger partial charge in [0.05, 0.1) is 5.02 Å². The van der Waals surface area contributed by atoms with Crippen molar-refractivity contribution in [2.75, 3.05) is 19.7 Å². The number of hydrogen-bond acceptors (Lipinski definition) is 2. The zero-order valence-corrected chi connectivity index (χ0v) is 14.4. The molecule has 1 aliphatic carbocycles. The topological polar surface area (TPSA) is 21.3 Å². The van der Waals surface area contributed by atoms with Gasteiger partial charge in [-0.1, -0.05) is 43.0 Å². The number of rotatable bonds is 6. The molecule has 118 valence electrons. The van der Waals surface area contributed by atoms with Gasteiger partial charge in [0.25, 0.3) is 0 Å².